The number of nitrogens with zero attached hydrogens (tertiary/aromatic N) is 1. The summed E-state index contributed by atoms with van der Waals surface area (Å²) >= 11 is 0. The van der Waals surface area contributed by atoms with Crippen molar-refractivity contribution in [2.24, 2.45) is 5.10 Å². The Morgan fingerprint density at radius 3 is 2.49 bits per heavy atom. The van der Waals surface area contributed by atoms with E-state index in [0.717, 1.165) is 33.5 Å². The highest BCUT2D eigenvalue weighted by Gasteiger charge is 2.29. The lowest BCUT2D eigenvalue weighted by atomic mass is 9.93. The fourth-order valence-electron chi connectivity index (χ4n) is 4.96. The number of fused-ring (bicyclic) bond motifs is 3. The monoisotopic (exact) mass is 488 g/mol. The standard InChI is InChI=1S/C31H24N2O4/c1-19-28-26(32-33-30(34)25-13-6-11-21-9-4-5-12-24(21)25)14-7-15-27(28)37-29(19)31(35)36-23-17-16-20-8-2-3-10-22(20)18-23/h2-6,8-13,16-18H,7,14-15H2,1H3,(H,33,34)/b32-26+. The number of benzene rings is 4. The van der Waals surface area contributed by atoms with Crippen LogP contribution in [0.2, 0.25) is 0 Å². The van der Waals surface area contributed by atoms with Crippen molar-refractivity contribution < 1.29 is 18.7 Å². The smallest absolute Gasteiger partial charge is 0.379 e. The lowest BCUT2D eigenvalue weighted by molar-refractivity contribution is 0.0698. The molecule has 1 heterocycles. The molecule has 1 aliphatic carbocycles. The third kappa shape index (κ3) is 4.27. The van der Waals surface area contributed by atoms with Gasteiger partial charge in [-0.25, -0.2) is 10.2 Å². The first-order valence-corrected chi connectivity index (χ1v) is 12.3. The predicted molar refractivity (Wildman–Crippen MR) is 143 cm³/mol. The maximum Gasteiger partial charge on any atom is 0.379 e. The van der Waals surface area contributed by atoms with Gasteiger partial charge >= 0.3 is 5.97 Å². The maximum absolute atomic E-state index is 13.0. The van der Waals surface area contributed by atoms with Crippen LogP contribution in [0.5, 0.6) is 5.75 Å². The first-order valence-electron chi connectivity index (χ1n) is 12.3. The third-order valence-corrected chi connectivity index (χ3v) is 6.77. The van der Waals surface area contributed by atoms with Gasteiger partial charge in [0, 0.05) is 23.1 Å². The van der Waals surface area contributed by atoms with Gasteiger partial charge in [-0.2, -0.15) is 5.10 Å². The largest absolute Gasteiger partial charge is 0.453 e. The van der Waals surface area contributed by atoms with Crippen LogP contribution in [0, 0.1) is 6.92 Å². The summed E-state index contributed by atoms with van der Waals surface area (Å²) < 4.78 is 11.6. The van der Waals surface area contributed by atoms with Crippen LogP contribution in [0.15, 0.2) is 94.4 Å². The molecule has 6 nitrogen and oxygen atoms in total. The summed E-state index contributed by atoms with van der Waals surface area (Å²) in [4.78, 5) is 26.0. The predicted octanol–water partition coefficient (Wildman–Crippen LogP) is 6.58. The van der Waals surface area contributed by atoms with E-state index in [1.54, 1.807) is 12.1 Å². The number of carbonyl (C=O) groups is 2. The van der Waals surface area contributed by atoms with Gasteiger partial charge in [0.25, 0.3) is 5.91 Å². The van der Waals surface area contributed by atoms with Crippen LogP contribution in [0.4, 0.5) is 0 Å². The second kappa shape index (κ2) is 9.39. The number of ether oxygens (including phenoxy) is 1. The van der Waals surface area contributed by atoms with Crippen LogP contribution in [0.3, 0.4) is 0 Å². The van der Waals surface area contributed by atoms with Crippen molar-refractivity contribution in [1.82, 2.24) is 5.43 Å². The minimum Gasteiger partial charge on any atom is -0.453 e. The molecule has 0 atom stereocenters. The highest BCUT2D eigenvalue weighted by Crippen LogP contribution is 2.31. The quantitative estimate of drug-likeness (QED) is 0.176. The van der Waals surface area contributed by atoms with E-state index >= 15 is 0 Å². The van der Waals surface area contributed by atoms with Crippen LogP contribution in [-0.2, 0) is 6.42 Å². The number of nitrogens with one attached hydrogen (secondary N) is 1. The topological polar surface area (TPSA) is 80.9 Å². The van der Waals surface area contributed by atoms with E-state index < -0.39 is 5.97 Å². The molecule has 1 N–H and O–H groups in total. The van der Waals surface area contributed by atoms with E-state index in [2.05, 4.69) is 10.5 Å². The minimum atomic E-state index is -0.554. The summed E-state index contributed by atoms with van der Waals surface area (Å²) in [6, 6.07) is 26.8. The summed E-state index contributed by atoms with van der Waals surface area (Å²) in [5.74, 6) is 0.462. The van der Waals surface area contributed by atoms with Gasteiger partial charge in [0.1, 0.15) is 11.5 Å². The van der Waals surface area contributed by atoms with Gasteiger partial charge in [0.05, 0.1) is 5.71 Å². The molecule has 0 radical (unpaired) electrons. The van der Waals surface area contributed by atoms with Gasteiger partial charge in [0.2, 0.25) is 5.76 Å². The van der Waals surface area contributed by atoms with Gasteiger partial charge in [-0.3, -0.25) is 4.79 Å². The molecule has 6 rings (SSSR count). The number of amides is 1. The fraction of sp³-hybridized carbons (Fsp3) is 0.129. The molecule has 1 aliphatic rings. The maximum atomic E-state index is 13.0. The molecule has 182 valence electrons. The fourth-order valence-corrected chi connectivity index (χ4v) is 4.96. The molecule has 0 saturated carbocycles. The lowest BCUT2D eigenvalue weighted by Gasteiger charge is -2.13. The molecule has 0 spiro atoms. The van der Waals surface area contributed by atoms with E-state index in [1.165, 1.54) is 0 Å². The molecular formula is C31H24N2O4. The lowest BCUT2D eigenvalue weighted by Crippen LogP contribution is -2.22. The minimum absolute atomic E-state index is 0.160. The molecule has 0 aliphatic heterocycles. The molecule has 37 heavy (non-hydrogen) atoms. The van der Waals surface area contributed by atoms with Crippen molar-refractivity contribution in [2.45, 2.75) is 26.2 Å². The summed E-state index contributed by atoms with van der Waals surface area (Å²) in [6.07, 6.45) is 2.17. The van der Waals surface area contributed by atoms with Crippen molar-refractivity contribution in [3.05, 3.63) is 113 Å². The Hall–Kier alpha value is -4.71. The second-order valence-electron chi connectivity index (χ2n) is 9.13. The Morgan fingerprint density at radius 2 is 1.62 bits per heavy atom. The zero-order valence-corrected chi connectivity index (χ0v) is 20.3. The van der Waals surface area contributed by atoms with Crippen molar-refractivity contribution >= 4 is 39.1 Å². The molecule has 1 aromatic heterocycles. The Bertz CT molecular complexity index is 1710. The van der Waals surface area contributed by atoms with Gasteiger partial charge < -0.3 is 9.15 Å². The Morgan fingerprint density at radius 1 is 0.865 bits per heavy atom. The molecule has 0 bridgehead atoms. The molecule has 1 amide bonds. The number of esters is 1. The van der Waals surface area contributed by atoms with Crippen LogP contribution in [0.1, 0.15) is 50.6 Å². The van der Waals surface area contributed by atoms with E-state index in [9.17, 15) is 9.59 Å². The summed E-state index contributed by atoms with van der Waals surface area (Å²) in [7, 11) is 0. The third-order valence-electron chi connectivity index (χ3n) is 6.77. The first kappa shape index (κ1) is 22.7. The normalized spacial score (nSPS) is 14.0. The molecular weight excluding hydrogens is 464 g/mol. The van der Waals surface area contributed by atoms with Crippen molar-refractivity contribution in [1.29, 1.82) is 0 Å². The molecule has 0 fully saturated rings. The molecule has 4 aromatic carbocycles. The Labute approximate surface area is 213 Å². The highest BCUT2D eigenvalue weighted by molar-refractivity contribution is 6.09. The van der Waals surface area contributed by atoms with Crippen LogP contribution >= 0.6 is 0 Å². The Kier molecular flexibility index (Phi) is 5.77. The second-order valence-corrected chi connectivity index (χ2v) is 9.13. The zero-order valence-electron chi connectivity index (χ0n) is 20.3. The SMILES string of the molecule is Cc1c(C(=O)Oc2ccc3ccccc3c2)oc2c1/C(=N/NC(=O)c1cccc3ccccc13)CCC2. The van der Waals surface area contributed by atoms with E-state index in [1.807, 2.05) is 79.7 Å². The molecule has 0 unspecified atom stereocenters. The van der Waals surface area contributed by atoms with Crippen molar-refractivity contribution in [2.75, 3.05) is 0 Å². The zero-order chi connectivity index (χ0) is 25.4. The first-order chi connectivity index (χ1) is 18.1. The Balaban J connectivity index is 1.26. The number of carbonyl (C=O) groups excluding carboxylic acids is 2. The number of rotatable bonds is 4. The van der Waals surface area contributed by atoms with Crippen LogP contribution in [-0.4, -0.2) is 17.6 Å². The van der Waals surface area contributed by atoms with E-state index in [0.29, 0.717) is 41.2 Å². The van der Waals surface area contributed by atoms with Crippen molar-refractivity contribution in [3.63, 3.8) is 0 Å². The van der Waals surface area contributed by atoms with Gasteiger partial charge in [-0.05, 0) is 59.5 Å². The van der Waals surface area contributed by atoms with Crippen LogP contribution in [0.25, 0.3) is 21.5 Å². The average molecular weight is 489 g/mol. The number of aryl methyl sites for hydroxylation is 1. The number of furan rings is 1. The van der Waals surface area contributed by atoms with Crippen molar-refractivity contribution in [3.8, 4) is 5.75 Å². The van der Waals surface area contributed by atoms with Gasteiger partial charge in [-0.1, -0.05) is 66.7 Å². The summed E-state index contributed by atoms with van der Waals surface area (Å²) in [6.45, 7) is 1.83. The highest BCUT2D eigenvalue weighted by atomic mass is 16.5. The average Bonchev–Trinajstić information content (AvgIpc) is 3.28. The molecule has 0 saturated heterocycles. The molecule has 5 aromatic rings. The summed E-state index contributed by atoms with van der Waals surface area (Å²) in [5.41, 5.74) is 5.41. The number of hydrogen-bond acceptors (Lipinski definition) is 5. The van der Waals surface area contributed by atoms with Gasteiger partial charge in [0.15, 0.2) is 0 Å². The van der Waals surface area contributed by atoms with Crippen LogP contribution < -0.4 is 10.2 Å². The van der Waals surface area contributed by atoms with E-state index in [-0.39, 0.29) is 11.7 Å². The molecule has 6 heteroatoms. The summed E-state index contributed by atoms with van der Waals surface area (Å²) in [5, 5.41) is 8.37. The van der Waals surface area contributed by atoms with Gasteiger partial charge in [-0.15, -0.1) is 0 Å². The number of hydrogen-bond donors (Lipinski definition) is 1. The number of hydrazone groups is 1. The van der Waals surface area contributed by atoms with E-state index in [4.69, 9.17) is 9.15 Å².